The maximum absolute atomic E-state index is 14.1. The van der Waals surface area contributed by atoms with E-state index in [1.54, 1.807) is 19.2 Å². The Morgan fingerprint density at radius 3 is 2.50 bits per heavy atom. The number of hydrogen-bond donors (Lipinski definition) is 1. The second-order valence-electron chi connectivity index (χ2n) is 9.69. The van der Waals surface area contributed by atoms with E-state index < -0.39 is 0 Å². The number of nitrogens with zero attached hydrogens (tertiary/aromatic N) is 2. The Balaban J connectivity index is 1.47. The van der Waals surface area contributed by atoms with Crippen LogP contribution in [-0.4, -0.2) is 37.0 Å². The smallest absolute Gasteiger partial charge is 0.266 e. The van der Waals surface area contributed by atoms with Crippen molar-refractivity contribution in [2.24, 2.45) is 0 Å². The predicted octanol–water partition coefficient (Wildman–Crippen LogP) is 7.27. The lowest BCUT2D eigenvalue weighted by Crippen LogP contribution is -2.44. The first-order chi connectivity index (χ1) is 18.5. The molecule has 1 saturated carbocycles. The highest BCUT2D eigenvalue weighted by molar-refractivity contribution is 7.21. The van der Waals surface area contributed by atoms with Crippen LogP contribution in [0.1, 0.15) is 46.5 Å². The molecule has 0 radical (unpaired) electrons. The van der Waals surface area contributed by atoms with Gasteiger partial charge in [0.05, 0.1) is 23.8 Å². The number of nitrogens with one attached hydrogen (secondary N) is 1. The highest BCUT2D eigenvalue weighted by atomic mass is 35.5. The van der Waals surface area contributed by atoms with Crippen LogP contribution >= 0.6 is 22.9 Å². The molecule has 0 spiro atoms. The molecule has 0 aliphatic heterocycles. The average Bonchev–Trinajstić information content (AvgIpc) is 3.32. The summed E-state index contributed by atoms with van der Waals surface area (Å²) in [6, 6.07) is 24.3. The number of ether oxygens (including phenoxy) is 1. The van der Waals surface area contributed by atoms with Crippen LogP contribution < -0.4 is 10.1 Å². The third-order valence-electron chi connectivity index (χ3n) is 7.48. The lowest BCUT2D eigenvalue weighted by molar-refractivity contribution is 0.0606. The van der Waals surface area contributed by atoms with Gasteiger partial charge in [0.1, 0.15) is 10.6 Å². The Hall–Kier alpha value is -3.37. The Morgan fingerprint density at radius 1 is 1.11 bits per heavy atom. The van der Waals surface area contributed by atoms with Crippen molar-refractivity contribution >= 4 is 38.9 Å². The van der Waals surface area contributed by atoms with Crippen molar-refractivity contribution in [1.82, 2.24) is 10.2 Å². The van der Waals surface area contributed by atoms with E-state index in [1.165, 1.54) is 11.3 Å². The molecule has 0 saturated heterocycles. The van der Waals surface area contributed by atoms with E-state index in [2.05, 4.69) is 17.5 Å². The summed E-state index contributed by atoms with van der Waals surface area (Å²) in [7, 11) is 3.66. The Labute approximate surface area is 232 Å². The van der Waals surface area contributed by atoms with E-state index in [4.69, 9.17) is 21.6 Å². The van der Waals surface area contributed by atoms with Gasteiger partial charge in [0.15, 0.2) is 0 Å². The molecule has 0 atom stereocenters. The fraction of sp³-hybridized carbons (Fsp3) is 0.290. The van der Waals surface area contributed by atoms with Crippen molar-refractivity contribution in [3.8, 4) is 22.9 Å². The monoisotopic (exact) mass is 543 g/mol. The van der Waals surface area contributed by atoms with Gasteiger partial charge in [-0.25, -0.2) is 0 Å². The largest absolute Gasteiger partial charge is 0.496 e. The van der Waals surface area contributed by atoms with E-state index in [-0.39, 0.29) is 11.9 Å². The SMILES string of the molecule is CNC1CCC(N(Cc2ccc(-c3ccc(C#N)cc3)c(OC)c2)C(=O)c2sc3ccccc3c2Cl)CC1. The molecule has 38 heavy (non-hydrogen) atoms. The molecule has 194 valence electrons. The van der Waals surface area contributed by atoms with Crippen molar-refractivity contribution in [3.05, 3.63) is 87.8 Å². The number of hydrogen-bond acceptors (Lipinski definition) is 5. The molecule has 1 heterocycles. The third kappa shape index (κ3) is 5.28. The van der Waals surface area contributed by atoms with Crippen LogP contribution in [0.25, 0.3) is 21.2 Å². The van der Waals surface area contributed by atoms with Crippen LogP contribution in [0, 0.1) is 11.3 Å². The molecule has 1 aromatic heterocycles. The molecule has 5 rings (SSSR count). The zero-order valence-electron chi connectivity index (χ0n) is 21.5. The first-order valence-corrected chi connectivity index (χ1v) is 14.0. The molecule has 1 aliphatic rings. The molecule has 7 heteroatoms. The van der Waals surface area contributed by atoms with E-state index in [0.29, 0.717) is 28.0 Å². The number of rotatable bonds is 7. The van der Waals surface area contributed by atoms with Gasteiger partial charge < -0.3 is 15.0 Å². The number of nitriles is 1. The van der Waals surface area contributed by atoms with E-state index >= 15 is 0 Å². The number of fused-ring (bicyclic) bond motifs is 1. The molecule has 0 unspecified atom stereocenters. The van der Waals surface area contributed by atoms with Gasteiger partial charge >= 0.3 is 0 Å². The summed E-state index contributed by atoms with van der Waals surface area (Å²) in [6.45, 7) is 0.475. The lowest BCUT2D eigenvalue weighted by Gasteiger charge is -2.37. The Morgan fingerprint density at radius 2 is 1.84 bits per heavy atom. The highest BCUT2D eigenvalue weighted by Crippen LogP contribution is 2.38. The first-order valence-electron chi connectivity index (χ1n) is 12.8. The van der Waals surface area contributed by atoms with E-state index in [1.807, 2.05) is 60.5 Å². The summed E-state index contributed by atoms with van der Waals surface area (Å²) in [4.78, 5) is 16.7. The van der Waals surface area contributed by atoms with Crippen molar-refractivity contribution in [2.75, 3.05) is 14.2 Å². The van der Waals surface area contributed by atoms with Gasteiger partial charge in [-0.1, -0.05) is 54.1 Å². The van der Waals surface area contributed by atoms with Gasteiger partial charge in [-0.3, -0.25) is 4.79 Å². The van der Waals surface area contributed by atoms with Crippen molar-refractivity contribution in [2.45, 2.75) is 44.3 Å². The summed E-state index contributed by atoms with van der Waals surface area (Å²) in [5, 5.41) is 14.0. The average molecular weight is 544 g/mol. The second kappa shape index (κ2) is 11.6. The number of halogens is 1. The molecule has 4 aromatic rings. The summed E-state index contributed by atoms with van der Waals surface area (Å²) in [6.07, 6.45) is 3.96. The zero-order valence-corrected chi connectivity index (χ0v) is 23.1. The van der Waals surface area contributed by atoms with Crippen LogP contribution in [0.3, 0.4) is 0 Å². The minimum Gasteiger partial charge on any atom is -0.496 e. The van der Waals surface area contributed by atoms with Gasteiger partial charge in [0.2, 0.25) is 0 Å². The standard InChI is InChI=1S/C31H30ClN3O2S/c1-34-23-12-14-24(15-13-23)35(31(36)30-29(32)26-5-3-4-6-28(26)38-30)19-21-9-16-25(27(17-21)37-2)22-10-7-20(18-33)8-11-22/h3-11,16-17,23-24,34H,12-15,19H2,1-2H3. The molecule has 0 bridgehead atoms. The van der Waals surface area contributed by atoms with Crippen LogP contribution in [0.2, 0.25) is 5.02 Å². The van der Waals surface area contributed by atoms with Crippen LogP contribution in [-0.2, 0) is 6.54 Å². The first kappa shape index (κ1) is 26.2. The summed E-state index contributed by atoms with van der Waals surface area (Å²) >= 11 is 8.22. The van der Waals surface area contributed by atoms with Gasteiger partial charge in [0, 0.05) is 34.3 Å². The fourth-order valence-corrected chi connectivity index (χ4v) is 6.79. The number of thiophene rings is 1. The molecule has 3 aromatic carbocycles. The van der Waals surface area contributed by atoms with Crippen molar-refractivity contribution in [3.63, 3.8) is 0 Å². The van der Waals surface area contributed by atoms with Crippen molar-refractivity contribution in [1.29, 1.82) is 5.26 Å². The van der Waals surface area contributed by atoms with Crippen LogP contribution in [0.15, 0.2) is 66.7 Å². The number of carbonyl (C=O) groups excluding carboxylic acids is 1. The summed E-state index contributed by atoms with van der Waals surface area (Å²) in [5.74, 6) is 0.720. The van der Waals surface area contributed by atoms with Gasteiger partial charge in [-0.15, -0.1) is 11.3 Å². The molecule has 1 aliphatic carbocycles. The quantitative estimate of drug-likeness (QED) is 0.266. The number of amides is 1. The summed E-state index contributed by atoms with van der Waals surface area (Å²) in [5.41, 5.74) is 3.54. The summed E-state index contributed by atoms with van der Waals surface area (Å²) < 4.78 is 6.78. The minimum absolute atomic E-state index is 0.0146. The minimum atomic E-state index is -0.0146. The predicted molar refractivity (Wildman–Crippen MR) is 155 cm³/mol. The molecule has 5 nitrogen and oxygen atoms in total. The van der Waals surface area contributed by atoms with Crippen LogP contribution in [0.5, 0.6) is 5.75 Å². The molecule has 1 N–H and O–H groups in total. The zero-order chi connectivity index (χ0) is 26.6. The van der Waals surface area contributed by atoms with Gasteiger partial charge in [-0.2, -0.15) is 5.26 Å². The van der Waals surface area contributed by atoms with E-state index in [9.17, 15) is 4.79 Å². The van der Waals surface area contributed by atoms with Crippen molar-refractivity contribution < 1.29 is 9.53 Å². The molecular formula is C31H30ClN3O2S. The van der Waals surface area contributed by atoms with Crippen LogP contribution in [0.4, 0.5) is 0 Å². The molecule has 1 amide bonds. The lowest BCUT2D eigenvalue weighted by atomic mass is 9.89. The molecular weight excluding hydrogens is 514 g/mol. The number of carbonyl (C=O) groups is 1. The fourth-order valence-electron chi connectivity index (χ4n) is 5.32. The maximum Gasteiger partial charge on any atom is 0.266 e. The maximum atomic E-state index is 14.1. The Kier molecular flexibility index (Phi) is 7.99. The number of methoxy groups -OCH3 is 1. The second-order valence-corrected chi connectivity index (χ2v) is 11.1. The topological polar surface area (TPSA) is 65.4 Å². The number of benzene rings is 3. The van der Waals surface area contributed by atoms with Gasteiger partial charge in [-0.05, 0) is 68.1 Å². The Bertz CT molecular complexity index is 1480. The van der Waals surface area contributed by atoms with E-state index in [0.717, 1.165) is 58.2 Å². The third-order valence-corrected chi connectivity index (χ3v) is 9.14. The normalized spacial score (nSPS) is 17.2. The van der Waals surface area contributed by atoms with Gasteiger partial charge in [0.25, 0.3) is 5.91 Å². The highest BCUT2D eigenvalue weighted by Gasteiger charge is 2.31. The molecule has 1 fully saturated rings.